The molecule has 0 saturated carbocycles. The summed E-state index contributed by atoms with van der Waals surface area (Å²) in [5.41, 5.74) is 2.03. The molecule has 0 spiro atoms. The molecule has 9 heteroatoms. The first-order chi connectivity index (χ1) is 12.2. The van der Waals surface area contributed by atoms with Crippen molar-refractivity contribution in [2.45, 2.75) is 0 Å². The van der Waals surface area contributed by atoms with E-state index in [0.29, 0.717) is 22.2 Å². The topological polar surface area (TPSA) is 118 Å². The van der Waals surface area contributed by atoms with Crippen LogP contribution in [0, 0.1) is 0 Å². The van der Waals surface area contributed by atoms with Crippen LogP contribution in [0.1, 0.15) is 10.4 Å². The number of nitrogens with one attached hydrogen (secondary N) is 2. The van der Waals surface area contributed by atoms with Crippen LogP contribution in [0.4, 0.5) is 5.69 Å². The van der Waals surface area contributed by atoms with Crippen molar-refractivity contribution >= 4 is 22.5 Å². The zero-order valence-corrected chi connectivity index (χ0v) is 12.7. The summed E-state index contributed by atoms with van der Waals surface area (Å²) in [7, 11) is 0. The van der Waals surface area contributed by atoms with E-state index in [2.05, 4.69) is 30.8 Å². The number of nitrogens with zero attached hydrogens (tertiary/aromatic N) is 5. The minimum Gasteiger partial charge on any atom is -0.322 e. The Kier molecular flexibility index (Phi) is 3.51. The smallest absolute Gasteiger partial charge is 0.258 e. The SMILES string of the molecule is O=C(Nc1ccc2nc[nH]c(=O)c2c1)c1ccc(-n2cnnn2)cc1. The lowest BCUT2D eigenvalue weighted by atomic mass is 10.1. The Bertz CT molecular complexity index is 1100. The zero-order valence-electron chi connectivity index (χ0n) is 12.7. The van der Waals surface area contributed by atoms with Crippen LogP contribution in [0.25, 0.3) is 16.6 Å². The van der Waals surface area contributed by atoms with E-state index in [1.807, 2.05) is 0 Å². The Morgan fingerprint density at radius 3 is 2.72 bits per heavy atom. The number of hydrogen-bond donors (Lipinski definition) is 2. The lowest BCUT2D eigenvalue weighted by Crippen LogP contribution is -2.13. The number of fused-ring (bicyclic) bond motifs is 1. The van der Waals surface area contributed by atoms with E-state index in [0.717, 1.165) is 5.69 Å². The number of carbonyl (C=O) groups is 1. The van der Waals surface area contributed by atoms with Crippen molar-refractivity contribution in [1.82, 2.24) is 30.2 Å². The normalized spacial score (nSPS) is 10.7. The van der Waals surface area contributed by atoms with Gasteiger partial charge in [-0.25, -0.2) is 9.67 Å². The monoisotopic (exact) mass is 333 g/mol. The highest BCUT2D eigenvalue weighted by atomic mass is 16.1. The molecule has 0 aliphatic carbocycles. The van der Waals surface area contributed by atoms with Crippen LogP contribution >= 0.6 is 0 Å². The summed E-state index contributed by atoms with van der Waals surface area (Å²) in [5.74, 6) is -0.289. The molecule has 1 amide bonds. The number of benzene rings is 2. The molecule has 2 heterocycles. The molecule has 122 valence electrons. The summed E-state index contributed by atoms with van der Waals surface area (Å²) in [4.78, 5) is 30.8. The lowest BCUT2D eigenvalue weighted by molar-refractivity contribution is 0.102. The third-order valence-electron chi connectivity index (χ3n) is 3.64. The predicted octanol–water partition coefficient (Wildman–Crippen LogP) is 1.15. The molecule has 0 bridgehead atoms. The van der Waals surface area contributed by atoms with Gasteiger partial charge >= 0.3 is 0 Å². The van der Waals surface area contributed by atoms with E-state index in [1.54, 1.807) is 42.5 Å². The second-order valence-electron chi connectivity index (χ2n) is 5.22. The number of carbonyl (C=O) groups excluding carboxylic acids is 1. The standard InChI is InChI=1S/C16H11N7O2/c24-15(10-1-4-12(5-2-10)23-9-19-21-22-23)20-11-3-6-14-13(7-11)16(25)18-8-17-14/h1-9H,(H,20,24)(H,17,18,25). The molecule has 9 nitrogen and oxygen atoms in total. The first-order valence-corrected chi connectivity index (χ1v) is 7.33. The largest absolute Gasteiger partial charge is 0.322 e. The van der Waals surface area contributed by atoms with Gasteiger partial charge in [-0.1, -0.05) is 0 Å². The van der Waals surface area contributed by atoms with Gasteiger partial charge in [0, 0.05) is 11.3 Å². The molecule has 0 radical (unpaired) electrons. The molecule has 2 aromatic carbocycles. The Morgan fingerprint density at radius 1 is 1.12 bits per heavy atom. The molecule has 0 aliphatic heterocycles. The van der Waals surface area contributed by atoms with Gasteiger partial charge in [0.25, 0.3) is 11.5 Å². The Hall–Kier alpha value is -3.88. The maximum atomic E-state index is 12.4. The molecule has 0 aliphatic rings. The lowest BCUT2D eigenvalue weighted by Gasteiger charge is -2.07. The Labute approximate surface area is 140 Å². The fourth-order valence-electron chi connectivity index (χ4n) is 2.39. The third kappa shape index (κ3) is 2.85. The fraction of sp³-hybridized carbons (Fsp3) is 0. The van der Waals surface area contributed by atoms with Crippen LogP contribution < -0.4 is 10.9 Å². The number of hydrogen-bond acceptors (Lipinski definition) is 6. The number of anilines is 1. The van der Waals surface area contributed by atoms with Crippen molar-refractivity contribution < 1.29 is 4.79 Å². The predicted molar refractivity (Wildman–Crippen MR) is 89.5 cm³/mol. The molecule has 0 atom stereocenters. The van der Waals surface area contributed by atoms with Gasteiger partial charge < -0.3 is 10.3 Å². The van der Waals surface area contributed by atoms with Crippen LogP contribution in [0.3, 0.4) is 0 Å². The highest BCUT2D eigenvalue weighted by Crippen LogP contribution is 2.15. The molecular formula is C16H11N7O2. The van der Waals surface area contributed by atoms with Crippen LogP contribution in [-0.4, -0.2) is 36.1 Å². The Morgan fingerprint density at radius 2 is 1.96 bits per heavy atom. The molecule has 0 fully saturated rings. The summed E-state index contributed by atoms with van der Waals surface area (Å²) >= 11 is 0. The van der Waals surface area contributed by atoms with Crippen LogP contribution in [0.5, 0.6) is 0 Å². The minimum absolute atomic E-state index is 0.258. The van der Waals surface area contributed by atoms with Crippen molar-refractivity contribution in [3.05, 3.63) is 71.0 Å². The van der Waals surface area contributed by atoms with Gasteiger partial charge in [-0.05, 0) is 52.9 Å². The molecule has 2 N–H and O–H groups in total. The summed E-state index contributed by atoms with van der Waals surface area (Å²) in [5, 5.41) is 14.1. The maximum absolute atomic E-state index is 12.4. The second kappa shape index (κ2) is 5.96. The van der Waals surface area contributed by atoms with Gasteiger partial charge in [0.05, 0.1) is 22.9 Å². The average molecular weight is 333 g/mol. The highest BCUT2D eigenvalue weighted by Gasteiger charge is 2.08. The van der Waals surface area contributed by atoms with Gasteiger partial charge in [0.1, 0.15) is 6.33 Å². The van der Waals surface area contributed by atoms with Gasteiger partial charge in [-0.3, -0.25) is 9.59 Å². The number of tetrazole rings is 1. The van der Waals surface area contributed by atoms with Crippen molar-refractivity contribution in [1.29, 1.82) is 0 Å². The second-order valence-corrected chi connectivity index (χ2v) is 5.22. The van der Waals surface area contributed by atoms with Crippen molar-refractivity contribution in [2.75, 3.05) is 5.32 Å². The average Bonchev–Trinajstić information content (AvgIpc) is 3.17. The van der Waals surface area contributed by atoms with Gasteiger partial charge in [0.2, 0.25) is 0 Å². The number of aromatic nitrogens is 6. The molecule has 2 aromatic heterocycles. The summed E-state index contributed by atoms with van der Waals surface area (Å²) in [6.45, 7) is 0. The van der Waals surface area contributed by atoms with Gasteiger partial charge in [-0.15, -0.1) is 5.10 Å². The van der Waals surface area contributed by atoms with E-state index >= 15 is 0 Å². The number of H-pyrrole nitrogens is 1. The number of amides is 1. The number of rotatable bonds is 3. The molecule has 4 aromatic rings. The first-order valence-electron chi connectivity index (χ1n) is 7.33. The van der Waals surface area contributed by atoms with Crippen molar-refractivity contribution in [2.24, 2.45) is 0 Å². The third-order valence-corrected chi connectivity index (χ3v) is 3.64. The quantitative estimate of drug-likeness (QED) is 0.580. The van der Waals surface area contributed by atoms with E-state index in [1.165, 1.54) is 17.3 Å². The fourth-order valence-corrected chi connectivity index (χ4v) is 2.39. The molecule has 4 rings (SSSR count). The number of aromatic amines is 1. The maximum Gasteiger partial charge on any atom is 0.258 e. The van der Waals surface area contributed by atoms with Crippen LogP contribution in [0.15, 0.2) is 59.9 Å². The Balaban J connectivity index is 1.57. The zero-order chi connectivity index (χ0) is 17.2. The first kappa shape index (κ1) is 14.7. The minimum atomic E-state index is -0.289. The summed E-state index contributed by atoms with van der Waals surface area (Å²) in [6.07, 6.45) is 2.81. The van der Waals surface area contributed by atoms with Crippen molar-refractivity contribution in [3.63, 3.8) is 0 Å². The molecular weight excluding hydrogens is 322 g/mol. The van der Waals surface area contributed by atoms with Crippen molar-refractivity contribution in [3.8, 4) is 5.69 Å². The van der Waals surface area contributed by atoms with Gasteiger partial charge in [0.15, 0.2) is 0 Å². The molecule has 25 heavy (non-hydrogen) atoms. The summed E-state index contributed by atoms with van der Waals surface area (Å²) < 4.78 is 1.49. The molecule has 0 saturated heterocycles. The highest BCUT2D eigenvalue weighted by molar-refractivity contribution is 6.05. The van der Waals surface area contributed by atoms with E-state index in [-0.39, 0.29) is 11.5 Å². The molecule has 0 unspecified atom stereocenters. The van der Waals surface area contributed by atoms with E-state index in [4.69, 9.17) is 0 Å². The van der Waals surface area contributed by atoms with Gasteiger partial charge in [-0.2, -0.15) is 0 Å². The summed E-state index contributed by atoms with van der Waals surface area (Å²) in [6, 6.07) is 11.8. The van der Waals surface area contributed by atoms with Crippen LogP contribution in [-0.2, 0) is 0 Å². The van der Waals surface area contributed by atoms with E-state index < -0.39 is 0 Å². The van der Waals surface area contributed by atoms with E-state index in [9.17, 15) is 9.59 Å². The van der Waals surface area contributed by atoms with Crippen LogP contribution in [0.2, 0.25) is 0 Å².